The quantitative estimate of drug-likeness (QED) is 0.710. The van der Waals surface area contributed by atoms with Crippen LogP contribution in [0.4, 0.5) is 0 Å². The van der Waals surface area contributed by atoms with Crippen LogP contribution in [0.2, 0.25) is 0 Å². The van der Waals surface area contributed by atoms with E-state index < -0.39 is 0 Å². The maximum atomic E-state index is 5.83. The van der Waals surface area contributed by atoms with Crippen LogP contribution in [-0.4, -0.2) is 18.2 Å². The lowest BCUT2D eigenvalue weighted by Crippen LogP contribution is -2.16. The molecule has 0 saturated heterocycles. The number of nitrogens with two attached hydrogens (primary N) is 1. The number of rotatable bonds is 5. The first-order chi connectivity index (χ1) is 5.84. The zero-order valence-electron chi connectivity index (χ0n) is 7.19. The normalized spacial score (nSPS) is 13.2. The predicted octanol–water partition coefficient (Wildman–Crippen LogP) is 1.57. The molecule has 3 nitrogen and oxygen atoms in total. The third-order valence-corrected chi connectivity index (χ3v) is 2.37. The van der Waals surface area contributed by atoms with E-state index in [1.165, 1.54) is 0 Å². The van der Waals surface area contributed by atoms with Gasteiger partial charge in [0.2, 0.25) is 0 Å². The van der Waals surface area contributed by atoms with Crippen LogP contribution >= 0.6 is 11.3 Å². The molecule has 0 amide bonds. The highest BCUT2D eigenvalue weighted by molar-refractivity contribution is 7.09. The third kappa shape index (κ3) is 2.89. The number of hydrogen-bond acceptors (Lipinski definition) is 4. The van der Waals surface area contributed by atoms with Gasteiger partial charge in [-0.05, 0) is 6.42 Å². The maximum absolute atomic E-state index is 5.83. The third-order valence-electron chi connectivity index (χ3n) is 1.46. The van der Waals surface area contributed by atoms with Gasteiger partial charge in [0, 0.05) is 17.7 Å². The average Bonchev–Trinajstić information content (AvgIpc) is 2.56. The van der Waals surface area contributed by atoms with E-state index in [0.29, 0.717) is 6.61 Å². The average molecular weight is 186 g/mol. The fraction of sp³-hybridized carbons (Fsp3) is 0.625. The van der Waals surface area contributed by atoms with Crippen molar-refractivity contribution in [2.24, 2.45) is 5.73 Å². The van der Waals surface area contributed by atoms with E-state index in [-0.39, 0.29) is 6.04 Å². The summed E-state index contributed by atoms with van der Waals surface area (Å²) in [4.78, 5) is 5.04. The molecule has 4 heteroatoms. The van der Waals surface area contributed by atoms with Crippen molar-refractivity contribution in [3.8, 4) is 0 Å². The van der Waals surface area contributed by atoms with Crippen molar-refractivity contribution in [1.82, 2.24) is 4.98 Å². The molecule has 0 radical (unpaired) electrons. The van der Waals surface area contributed by atoms with Crippen molar-refractivity contribution in [2.45, 2.75) is 19.4 Å². The van der Waals surface area contributed by atoms with Gasteiger partial charge < -0.3 is 10.5 Å². The molecule has 1 unspecified atom stereocenters. The van der Waals surface area contributed by atoms with Gasteiger partial charge in [-0.15, -0.1) is 11.3 Å². The molecule has 0 aliphatic carbocycles. The summed E-state index contributed by atoms with van der Waals surface area (Å²) in [5.41, 5.74) is 7.61. The van der Waals surface area contributed by atoms with Crippen LogP contribution in [0.5, 0.6) is 0 Å². The van der Waals surface area contributed by atoms with Crippen molar-refractivity contribution in [3.05, 3.63) is 16.6 Å². The van der Waals surface area contributed by atoms with Crippen molar-refractivity contribution < 1.29 is 4.74 Å². The molecule has 1 aromatic rings. The summed E-state index contributed by atoms with van der Waals surface area (Å²) >= 11 is 1.57. The van der Waals surface area contributed by atoms with E-state index in [4.69, 9.17) is 10.5 Å². The van der Waals surface area contributed by atoms with Crippen LogP contribution < -0.4 is 5.73 Å². The molecule has 0 spiro atoms. The second-order valence-corrected chi connectivity index (χ2v) is 3.50. The van der Waals surface area contributed by atoms with Crippen molar-refractivity contribution in [3.63, 3.8) is 0 Å². The van der Waals surface area contributed by atoms with E-state index in [1.807, 2.05) is 0 Å². The zero-order valence-corrected chi connectivity index (χ0v) is 8.01. The van der Waals surface area contributed by atoms with Gasteiger partial charge in [-0.3, -0.25) is 4.98 Å². The second-order valence-electron chi connectivity index (χ2n) is 2.59. The molecule has 0 aromatic carbocycles. The smallest absolute Gasteiger partial charge is 0.0794 e. The van der Waals surface area contributed by atoms with Crippen LogP contribution in [0.25, 0.3) is 0 Å². The Morgan fingerprint density at radius 2 is 2.58 bits per heavy atom. The minimum Gasteiger partial charge on any atom is -0.379 e. The topological polar surface area (TPSA) is 48.1 Å². The Morgan fingerprint density at radius 1 is 1.75 bits per heavy atom. The van der Waals surface area contributed by atoms with E-state index in [9.17, 15) is 0 Å². The highest BCUT2D eigenvalue weighted by Gasteiger charge is 2.06. The Kier molecular flexibility index (Phi) is 4.21. The minimum atomic E-state index is -0.0101. The van der Waals surface area contributed by atoms with Gasteiger partial charge in [-0.1, -0.05) is 6.92 Å². The second kappa shape index (κ2) is 5.24. The standard InChI is InChI=1S/C8H14N2OS/c1-2-3-11-5-7(9)8-4-10-6-12-8/h4,6-7H,2-3,5,9H2,1H3. The van der Waals surface area contributed by atoms with Gasteiger partial charge in [0.05, 0.1) is 18.2 Å². The number of thiazole rings is 1. The van der Waals surface area contributed by atoms with Crippen LogP contribution in [0, 0.1) is 0 Å². The number of aromatic nitrogens is 1. The Hall–Kier alpha value is -0.450. The minimum absolute atomic E-state index is 0.0101. The molecule has 0 saturated carbocycles. The monoisotopic (exact) mass is 186 g/mol. The molecule has 0 fully saturated rings. The van der Waals surface area contributed by atoms with E-state index in [0.717, 1.165) is 17.9 Å². The highest BCUT2D eigenvalue weighted by atomic mass is 32.1. The van der Waals surface area contributed by atoms with E-state index in [2.05, 4.69) is 11.9 Å². The Bertz CT molecular complexity index is 201. The summed E-state index contributed by atoms with van der Waals surface area (Å²) in [5, 5.41) is 0. The summed E-state index contributed by atoms with van der Waals surface area (Å²) in [6, 6.07) is -0.0101. The summed E-state index contributed by atoms with van der Waals surface area (Å²) in [6.07, 6.45) is 2.83. The summed E-state index contributed by atoms with van der Waals surface area (Å²) in [6.45, 7) is 3.46. The molecule has 12 heavy (non-hydrogen) atoms. The fourth-order valence-electron chi connectivity index (χ4n) is 0.846. The van der Waals surface area contributed by atoms with Gasteiger partial charge >= 0.3 is 0 Å². The van der Waals surface area contributed by atoms with Gasteiger partial charge in [0.25, 0.3) is 0 Å². The molecule has 0 aliphatic rings. The molecule has 1 rings (SSSR count). The molecular formula is C8H14N2OS. The summed E-state index contributed by atoms with van der Waals surface area (Å²) < 4.78 is 5.32. The fourth-order valence-corrected chi connectivity index (χ4v) is 1.45. The first-order valence-corrected chi connectivity index (χ1v) is 4.94. The van der Waals surface area contributed by atoms with Crippen LogP contribution in [0.3, 0.4) is 0 Å². The molecule has 2 N–H and O–H groups in total. The van der Waals surface area contributed by atoms with E-state index >= 15 is 0 Å². The number of nitrogens with zero attached hydrogens (tertiary/aromatic N) is 1. The van der Waals surface area contributed by atoms with Crippen LogP contribution in [0.15, 0.2) is 11.7 Å². The Morgan fingerprint density at radius 3 is 3.17 bits per heavy atom. The van der Waals surface area contributed by atoms with Gasteiger partial charge in [0.1, 0.15) is 0 Å². The van der Waals surface area contributed by atoms with Crippen molar-refractivity contribution in [2.75, 3.05) is 13.2 Å². The summed E-state index contributed by atoms with van der Waals surface area (Å²) in [5.74, 6) is 0. The summed E-state index contributed by atoms with van der Waals surface area (Å²) in [7, 11) is 0. The predicted molar refractivity (Wildman–Crippen MR) is 50.2 cm³/mol. The molecule has 0 aliphatic heterocycles. The molecule has 1 atom stereocenters. The number of ether oxygens (including phenoxy) is 1. The molecule has 1 aromatic heterocycles. The van der Waals surface area contributed by atoms with Crippen LogP contribution in [-0.2, 0) is 4.74 Å². The van der Waals surface area contributed by atoms with E-state index in [1.54, 1.807) is 23.0 Å². The molecule has 1 heterocycles. The SMILES string of the molecule is CCCOCC(N)c1cncs1. The van der Waals surface area contributed by atoms with Crippen molar-refractivity contribution in [1.29, 1.82) is 0 Å². The van der Waals surface area contributed by atoms with Gasteiger partial charge in [0.15, 0.2) is 0 Å². The first-order valence-electron chi connectivity index (χ1n) is 4.06. The van der Waals surface area contributed by atoms with Crippen molar-refractivity contribution >= 4 is 11.3 Å². The maximum Gasteiger partial charge on any atom is 0.0794 e. The highest BCUT2D eigenvalue weighted by Crippen LogP contribution is 2.14. The lowest BCUT2D eigenvalue weighted by Gasteiger charge is -2.08. The zero-order chi connectivity index (χ0) is 8.81. The lowest BCUT2D eigenvalue weighted by atomic mass is 10.3. The Labute approximate surface area is 76.6 Å². The molecular weight excluding hydrogens is 172 g/mol. The van der Waals surface area contributed by atoms with Gasteiger partial charge in [-0.2, -0.15) is 0 Å². The van der Waals surface area contributed by atoms with Crippen LogP contribution in [0.1, 0.15) is 24.3 Å². The number of hydrogen-bond donors (Lipinski definition) is 1. The lowest BCUT2D eigenvalue weighted by molar-refractivity contribution is 0.122. The largest absolute Gasteiger partial charge is 0.379 e. The molecule has 68 valence electrons. The Balaban J connectivity index is 2.25. The molecule has 0 bridgehead atoms. The first kappa shape index (κ1) is 9.64. The van der Waals surface area contributed by atoms with Gasteiger partial charge in [-0.25, -0.2) is 0 Å².